The van der Waals surface area contributed by atoms with Gasteiger partial charge in [-0.1, -0.05) is 43.3 Å². The number of fused-ring (bicyclic) bond motifs is 2. The molecule has 3 aliphatic rings. The molecular weight excluding hydrogens is 442 g/mol. The summed E-state index contributed by atoms with van der Waals surface area (Å²) in [5.41, 5.74) is 7.30. The number of likely N-dealkylation sites (tertiary alicyclic amines) is 1. The molecule has 1 N–H and O–H groups in total. The van der Waals surface area contributed by atoms with E-state index in [-0.39, 0.29) is 11.3 Å². The second kappa shape index (κ2) is 8.77. The number of nitrogens with zero attached hydrogens (tertiary/aromatic N) is 2. The minimum atomic E-state index is -0.118. The average molecular weight is 480 g/mol. The molecule has 4 nitrogen and oxygen atoms in total. The SMILES string of the molecule is CC1=C(C)C2C(=N)C(C)(CN3CCC(c4cn(-c5ccccc5)c5ccccc45)CC3)CC2=C(C)O1. The normalized spacial score (nSPS) is 25.6. The number of nitrogens with one attached hydrogen (secondary N) is 1. The van der Waals surface area contributed by atoms with Crippen LogP contribution >= 0.6 is 0 Å². The first-order valence-corrected chi connectivity index (χ1v) is 13.4. The Hall–Kier alpha value is -3.11. The first kappa shape index (κ1) is 23.3. The Morgan fingerprint density at radius 3 is 2.39 bits per heavy atom. The topological polar surface area (TPSA) is 41.2 Å². The lowest BCUT2D eigenvalue weighted by Crippen LogP contribution is -2.43. The molecule has 4 heteroatoms. The van der Waals surface area contributed by atoms with Crippen LogP contribution in [0.1, 0.15) is 58.4 Å². The molecule has 36 heavy (non-hydrogen) atoms. The van der Waals surface area contributed by atoms with Crippen LogP contribution in [0, 0.1) is 16.7 Å². The minimum absolute atomic E-state index is 0.118. The van der Waals surface area contributed by atoms with Gasteiger partial charge in [0.15, 0.2) is 0 Å². The monoisotopic (exact) mass is 479 g/mol. The predicted molar refractivity (Wildman–Crippen MR) is 148 cm³/mol. The van der Waals surface area contributed by atoms with Crippen molar-refractivity contribution in [3.63, 3.8) is 0 Å². The summed E-state index contributed by atoms with van der Waals surface area (Å²) in [6, 6.07) is 19.5. The van der Waals surface area contributed by atoms with E-state index in [4.69, 9.17) is 10.1 Å². The minimum Gasteiger partial charge on any atom is -0.467 e. The van der Waals surface area contributed by atoms with Gasteiger partial charge in [-0.25, -0.2) is 0 Å². The largest absolute Gasteiger partial charge is 0.467 e. The van der Waals surface area contributed by atoms with Gasteiger partial charge in [-0.3, -0.25) is 0 Å². The van der Waals surface area contributed by atoms with E-state index in [0.29, 0.717) is 5.92 Å². The zero-order valence-corrected chi connectivity index (χ0v) is 22.0. The number of ether oxygens (including phenoxy) is 1. The molecule has 3 heterocycles. The van der Waals surface area contributed by atoms with E-state index in [1.54, 1.807) is 0 Å². The summed E-state index contributed by atoms with van der Waals surface area (Å²) in [5.74, 6) is 2.71. The molecule has 1 aliphatic carbocycles. The van der Waals surface area contributed by atoms with Gasteiger partial charge in [-0.2, -0.15) is 0 Å². The summed E-state index contributed by atoms with van der Waals surface area (Å²) in [4.78, 5) is 2.61. The maximum Gasteiger partial charge on any atom is 0.101 e. The molecule has 3 aromatic rings. The molecule has 2 atom stereocenters. The standard InChI is InChI=1S/C32H37N3O/c1-21-22(2)36-23(3)27-18-32(4,31(33)30(21)27)20-34-16-14-24(15-17-34)28-19-35(25-10-6-5-7-11-25)29-13-9-8-12-26(28)29/h5-13,19,24,30,33H,14-18,20H2,1-4H3. The van der Waals surface area contributed by atoms with Crippen LogP contribution in [0.2, 0.25) is 0 Å². The van der Waals surface area contributed by atoms with E-state index >= 15 is 0 Å². The Morgan fingerprint density at radius 2 is 1.64 bits per heavy atom. The zero-order chi connectivity index (χ0) is 25.0. The number of allylic oxidation sites excluding steroid dienone is 4. The molecule has 6 rings (SSSR count). The highest BCUT2D eigenvalue weighted by atomic mass is 16.5. The van der Waals surface area contributed by atoms with Crippen molar-refractivity contribution in [3.8, 4) is 5.69 Å². The molecule has 0 radical (unpaired) electrons. The number of hydrogen-bond acceptors (Lipinski definition) is 3. The lowest BCUT2D eigenvalue weighted by atomic mass is 9.82. The van der Waals surface area contributed by atoms with Crippen LogP contribution in [-0.2, 0) is 4.74 Å². The summed E-state index contributed by atoms with van der Waals surface area (Å²) in [6.07, 6.45) is 5.65. The van der Waals surface area contributed by atoms with E-state index in [2.05, 4.69) is 91.0 Å². The summed E-state index contributed by atoms with van der Waals surface area (Å²) < 4.78 is 8.38. The van der Waals surface area contributed by atoms with Gasteiger partial charge in [0.1, 0.15) is 11.5 Å². The maximum atomic E-state index is 9.15. The summed E-state index contributed by atoms with van der Waals surface area (Å²) in [5, 5.41) is 10.5. The first-order chi connectivity index (χ1) is 17.4. The number of benzene rings is 2. The number of rotatable bonds is 4. The third-order valence-corrected chi connectivity index (χ3v) is 8.99. The van der Waals surface area contributed by atoms with Gasteiger partial charge in [0.05, 0.1) is 5.52 Å². The second-order valence-corrected chi connectivity index (χ2v) is 11.4. The van der Waals surface area contributed by atoms with E-state index < -0.39 is 0 Å². The van der Waals surface area contributed by atoms with Crippen LogP contribution in [-0.4, -0.2) is 34.8 Å². The van der Waals surface area contributed by atoms with Crippen LogP contribution in [0.5, 0.6) is 0 Å². The number of aromatic nitrogens is 1. The van der Waals surface area contributed by atoms with E-state index in [1.165, 1.54) is 46.1 Å². The molecule has 1 saturated heterocycles. The van der Waals surface area contributed by atoms with Crippen LogP contribution in [0.25, 0.3) is 16.6 Å². The smallest absolute Gasteiger partial charge is 0.101 e. The van der Waals surface area contributed by atoms with E-state index in [1.807, 2.05) is 6.92 Å². The van der Waals surface area contributed by atoms with E-state index in [9.17, 15) is 0 Å². The average Bonchev–Trinajstić information content (AvgIpc) is 3.40. The van der Waals surface area contributed by atoms with Gasteiger partial charge in [-0.05, 0) is 93.9 Å². The van der Waals surface area contributed by atoms with Crippen molar-refractivity contribution in [2.24, 2.45) is 11.3 Å². The first-order valence-electron chi connectivity index (χ1n) is 13.4. The maximum absolute atomic E-state index is 9.15. The van der Waals surface area contributed by atoms with E-state index in [0.717, 1.165) is 43.3 Å². The molecule has 2 aromatic carbocycles. The van der Waals surface area contributed by atoms with Crippen LogP contribution in [0.3, 0.4) is 0 Å². The third-order valence-electron chi connectivity index (χ3n) is 8.99. The van der Waals surface area contributed by atoms with Crippen molar-refractivity contribution in [3.05, 3.63) is 89.0 Å². The molecule has 2 unspecified atom stereocenters. The van der Waals surface area contributed by atoms with Gasteiger partial charge < -0.3 is 19.6 Å². The lowest BCUT2D eigenvalue weighted by molar-refractivity contribution is 0.169. The highest BCUT2D eigenvalue weighted by Gasteiger charge is 2.48. The molecule has 0 spiro atoms. The zero-order valence-electron chi connectivity index (χ0n) is 22.0. The van der Waals surface area contributed by atoms with Crippen LogP contribution in [0.4, 0.5) is 0 Å². The fraction of sp³-hybridized carbons (Fsp3) is 0.406. The molecule has 0 amide bonds. The Labute approximate surface area is 214 Å². The van der Waals surface area contributed by atoms with Crippen LogP contribution in [0.15, 0.2) is 83.5 Å². The quantitative estimate of drug-likeness (QED) is 0.422. The van der Waals surface area contributed by atoms with Gasteiger partial charge in [0.25, 0.3) is 0 Å². The highest BCUT2D eigenvalue weighted by Crippen LogP contribution is 2.50. The lowest BCUT2D eigenvalue weighted by Gasteiger charge is -2.37. The molecular formula is C32H37N3O. The van der Waals surface area contributed by atoms with Crippen molar-refractivity contribution in [2.45, 2.75) is 52.9 Å². The van der Waals surface area contributed by atoms with Gasteiger partial charge in [0.2, 0.25) is 0 Å². The summed E-state index contributed by atoms with van der Waals surface area (Å²) in [6.45, 7) is 11.7. The fourth-order valence-electron chi connectivity index (χ4n) is 6.90. The van der Waals surface area contributed by atoms with Gasteiger partial charge in [0, 0.05) is 40.9 Å². The third kappa shape index (κ3) is 3.74. The molecule has 186 valence electrons. The number of para-hydroxylation sites is 2. The van der Waals surface area contributed by atoms with Crippen molar-refractivity contribution in [2.75, 3.05) is 19.6 Å². The van der Waals surface area contributed by atoms with Gasteiger partial charge in [-0.15, -0.1) is 0 Å². The molecule has 1 aromatic heterocycles. The second-order valence-electron chi connectivity index (χ2n) is 11.4. The Bertz CT molecular complexity index is 1390. The summed E-state index contributed by atoms with van der Waals surface area (Å²) >= 11 is 0. The molecule has 0 bridgehead atoms. The van der Waals surface area contributed by atoms with Crippen molar-refractivity contribution in [1.29, 1.82) is 5.41 Å². The Balaban J connectivity index is 1.20. The predicted octanol–water partition coefficient (Wildman–Crippen LogP) is 7.45. The van der Waals surface area contributed by atoms with Crippen molar-refractivity contribution < 1.29 is 4.74 Å². The highest BCUT2D eigenvalue weighted by molar-refractivity contribution is 5.97. The van der Waals surface area contributed by atoms with Crippen LogP contribution < -0.4 is 0 Å². The Kier molecular flexibility index (Phi) is 5.68. The Morgan fingerprint density at radius 1 is 0.944 bits per heavy atom. The van der Waals surface area contributed by atoms with Crippen molar-refractivity contribution in [1.82, 2.24) is 9.47 Å². The van der Waals surface area contributed by atoms with Crippen molar-refractivity contribution >= 4 is 16.6 Å². The molecule has 1 saturated carbocycles. The fourth-order valence-corrected chi connectivity index (χ4v) is 6.90. The number of hydrogen-bond donors (Lipinski definition) is 1. The van der Waals surface area contributed by atoms with Gasteiger partial charge >= 0.3 is 0 Å². The molecule has 2 fully saturated rings. The molecule has 2 aliphatic heterocycles. The number of piperidine rings is 1. The summed E-state index contributed by atoms with van der Waals surface area (Å²) in [7, 11) is 0.